The Labute approximate surface area is 168 Å². The molecular weight excluding hydrogens is 408 g/mol. The molecule has 1 N–H and O–H groups in total. The molecule has 3 rings (SSSR count). The lowest BCUT2D eigenvalue weighted by Crippen LogP contribution is -2.45. The largest absolute Gasteiger partial charge is 0.342 e. The smallest absolute Gasteiger partial charge is 0.227 e. The Morgan fingerprint density at radius 3 is 2.44 bits per heavy atom. The number of carbonyl (C=O) groups is 2. The van der Waals surface area contributed by atoms with Crippen LogP contribution in [-0.4, -0.2) is 39.6 Å². The van der Waals surface area contributed by atoms with E-state index in [1.165, 1.54) is 0 Å². The molecule has 27 heavy (non-hydrogen) atoms. The molecule has 1 aliphatic heterocycles. The van der Waals surface area contributed by atoms with E-state index in [1.807, 2.05) is 56.1 Å². The standard InChI is InChI=1S/C20H25BrN4O2/c1-20(2,3)19(27)24-10-8-14(9-11-24)18(26)23-16-6-4-5-7-17(16)25-13-15(21)12-22-25/h4-7,12-14H,8-11H2,1-3H3,(H,23,26). The summed E-state index contributed by atoms with van der Waals surface area (Å²) in [6.45, 7) is 7.04. The van der Waals surface area contributed by atoms with Gasteiger partial charge in [0.1, 0.15) is 0 Å². The average Bonchev–Trinajstić information content (AvgIpc) is 3.07. The Morgan fingerprint density at radius 1 is 1.19 bits per heavy atom. The first kappa shape index (κ1) is 19.6. The van der Waals surface area contributed by atoms with Crippen LogP contribution in [0, 0.1) is 11.3 Å². The number of aromatic nitrogens is 2. The molecule has 1 aliphatic rings. The maximum Gasteiger partial charge on any atom is 0.227 e. The van der Waals surface area contributed by atoms with Crippen molar-refractivity contribution in [3.63, 3.8) is 0 Å². The van der Waals surface area contributed by atoms with E-state index in [0.717, 1.165) is 15.8 Å². The third-order valence-electron chi connectivity index (χ3n) is 4.75. The molecule has 0 unspecified atom stereocenters. The molecule has 0 radical (unpaired) electrons. The van der Waals surface area contributed by atoms with E-state index in [-0.39, 0.29) is 23.1 Å². The van der Waals surface area contributed by atoms with Gasteiger partial charge in [-0.05, 0) is 40.9 Å². The molecule has 0 bridgehead atoms. The quantitative estimate of drug-likeness (QED) is 0.800. The number of para-hydroxylation sites is 2. The molecule has 1 fully saturated rings. The first-order valence-electron chi connectivity index (χ1n) is 9.15. The van der Waals surface area contributed by atoms with Crippen LogP contribution < -0.4 is 5.32 Å². The fraction of sp³-hybridized carbons (Fsp3) is 0.450. The highest BCUT2D eigenvalue weighted by atomic mass is 79.9. The van der Waals surface area contributed by atoms with Crippen molar-refractivity contribution in [3.8, 4) is 5.69 Å². The van der Waals surface area contributed by atoms with Gasteiger partial charge in [0.05, 0.1) is 22.0 Å². The van der Waals surface area contributed by atoms with E-state index in [9.17, 15) is 9.59 Å². The zero-order valence-electron chi connectivity index (χ0n) is 15.9. The Morgan fingerprint density at radius 2 is 1.85 bits per heavy atom. The summed E-state index contributed by atoms with van der Waals surface area (Å²) in [6, 6.07) is 7.60. The van der Waals surface area contributed by atoms with Gasteiger partial charge < -0.3 is 10.2 Å². The number of hydrogen-bond donors (Lipinski definition) is 1. The molecule has 1 aromatic heterocycles. The van der Waals surface area contributed by atoms with E-state index in [2.05, 4.69) is 26.3 Å². The maximum absolute atomic E-state index is 12.8. The molecule has 0 atom stereocenters. The van der Waals surface area contributed by atoms with Crippen LogP contribution in [0.5, 0.6) is 0 Å². The summed E-state index contributed by atoms with van der Waals surface area (Å²) < 4.78 is 2.60. The highest BCUT2D eigenvalue weighted by Gasteiger charge is 2.32. The number of carbonyl (C=O) groups excluding carboxylic acids is 2. The van der Waals surface area contributed by atoms with Gasteiger partial charge in [0.15, 0.2) is 0 Å². The van der Waals surface area contributed by atoms with Crippen molar-refractivity contribution in [2.24, 2.45) is 11.3 Å². The second kappa shape index (κ2) is 7.84. The normalized spacial score (nSPS) is 15.6. The molecule has 2 heterocycles. The summed E-state index contributed by atoms with van der Waals surface area (Å²) in [7, 11) is 0. The van der Waals surface area contributed by atoms with Crippen LogP contribution in [0.2, 0.25) is 0 Å². The minimum Gasteiger partial charge on any atom is -0.342 e. The van der Waals surface area contributed by atoms with Gasteiger partial charge in [0, 0.05) is 30.6 Å². The summed E-state index contributed by atoms with van der Waals surface area (Å²) in [5.41, 5.74) is 1.16. The molecule has 144 valence electrons. The minimum atomic E-state index is -0.383. The number of anilines is 1. The van der Waals surface area contributed by atoms with Crippen molar-refractivity contribution in [1.29, 1.82) is 0 Å². The molecule has 2 amide bonds. The zero-order valence-corrected chi connectivity index (χ0v) is 17.5. The highest BCUT2D eigenvalue weighted by molar-refractivity contribution is 9.10. The van der Waals surface area contributed by atoms with Crippen molar-refractivity contribution in [3.05, 3.63) is 41.1 Å². The number of nitrogens with one attached hydrogen (secondary N) is 1. The summed E-state index contributed by atoms with van der Waals surface area (Å²) in [6.07, 6.45) is 4.93. The Bertz CT molecular complexity index is 833. The minimum absolute atomic E-state index is 0.00321. The van der Waals surface area contributed by atoms with Crippen LogP contribution in [0.1, 0.15) is 33.6 Å². The Kier molecular flexibility index (Phi) is 5.69. The van der Waals surface area contributed by atoms with Crippen molar-refractivity contribution in [2.75, 3.05) is 18.4 Å². The second-order valence-electron chi connectivity index (χ2n) is 7.93. The lowest BCUT2D eigenvalue weighted by Gasteiger charge is -2.35. The van der Waals surface area contributed by atoms with Crippen LogP contribution in [0.15, 0.2) is 41.1 Å². The van der Waals surface area contributed by atoms with Crippen LogP contribution >= 0.6 is 15.9 Å². The third kappa shape index (κ3) is 4.58. The molecule has 0 spiro atoms. The summed E-state index contributed by atoms with van der Waals surface area (Å²) in [4.78, 5) is 27.1. The van der Waals surface area contributed by atoms with E-state index in [1.54, 1.807) is 10.9 Å². The maximum atomic E-state index is 12.8. The number of likely N-dealkylation sites (tertiary alicyclic amines) is 1. The van der Waals surface area contributed by atoms with Crippen LogP contribution in [-0.2, 0) is 9.59 Å². The Balaban J connectivity index is 1.65. The molecule has 0 aliphatic carbocycles. The van der Waals surface area contributed by atoms with Gasteiger partial charge in [-0.15, -0.1) is 0 Å². The summed E-state index contributed by atoms with van der Waals surface area (Å²) in [5.74, 6) is 0.0546. The summed E-state index contributed by atoms with van der Waals surface area (Å²) in [5, 5.41) is 7.34. The van der Waals surface area contributed by atoms with E-state index < -0.39 is 0 Å². The molecule has 1 aromatic carbocycles. The number of nitrogens with zero attached hydrogens (tertiary/aromatic N) is 3. The first-order valence-corrected chi connectivity index (χ1v) is 9.95. The predicted octanol–water partition coefficient (Wildman–Crippen LogP) is 3.86. The second-order valence-corrected chi connectivity index (χ2v) is 8.84. The number of benzene rings is 1. The van der Waals surface area contributed by atoms with Crippen molar-refractivity contribution in [2.45, 2.75) is 33.6 Å². The van der Waals surface area contributed by atoms with E-state index in [0.29, 0.717) is 25.9 Å². The predicted molar refractivity (Wildman–Crippen MR) is 109 cm³/mol. The lowest BCUT2D eigenvalue weighted by atomic mass is 9.90. The van der Waals surface area contributed by atoms with E-state index >= 15 is 0 Å². The SMILES string of the molecule is CC(C)(C)C(=O)N1CCC(C(=O)Nc2ccccc2-n2cc(Br)cn2)CC1. The molecule has 7 heteroatoms. The van der Waals surface area contributed by atoms with Crippen LogP contribution in [0.4, 0.5) is 5.69 Å². The van der Waals surface area contributed by atoms with Gasteiger partial charge in [-0.1, -0.05) is 32.9 Å². The topological polar surface area (TPSA) is 67.2 Å². The molecule has 0 saturated carbocycles. The molecule has 1 saturated heterocycles. The van der Waals surface area contributed by atoms with Crippen molar-refractivity contribution < 1.29 is 9.59 Å². The van der Waals surface area contributed by atoms with Gasteiger partial charge in [0.2, 0.25) is 11.8 Å². The monoisotopic (exact) mass is 432 g/mol. The number of hydrogen-bond acceptors (Lipinski definition) is 3. The fourth-order valence-corrected chi connectivity index (χ4v) is 3.55. The van der Waals surface area contributed by atoms with Gasteiger partial charge in [0.25, 0.3) is 0 Å². The third-order valence-corrected chi connectivity index (χ3v) is 5.16. The highest BCUT2D eigenvalue weighted by Crippen LogP contribution is 2.26. The first-order chi connectivity index (χ1) is 12.8. The number of halogens is 1. The average molecular weight is 433 g/mol. The van der Waals surface area contributed by atoms with Gasteiger partial charge >= 0.3 is 0 Å². The van der Waals surface area contributed by atoms with Gasteiger partial charge in [-0.3, -0.25) is 9.59 Å². The number of rotatable bonds is 3. The lowest BCUT2D eigenvalue weighted by molar-refractivity contribution is -0.142. The van der Waals surface area contributed by atoms with Gasteiger partial charge in [-0.2, -0.15) is 5.10 Å². The van der Waals surface area contributed by atoms with Crippen molar-refractivity contribution in [1.82, 2.24) is 14.7 Å². The van der Waals surface area contributed by atoms with Crippen molar-refractivity contribution >= 4 is 33.4 Å². The zero-order chi connectivity index (χ0) is 19.6. The van der Waals surface area contributed by atoms with E-state index in [4.69, 9.17) is 0 Å². The molecule has 6 nitrogen and oxygen atoms in total. The molecular formula is C20H25BrN4O2. The Hall–Kier alpha value is -2.15. The summed E-state index contributed by atoms with van der Waals surface area (Å²) >= 11 is 3.40. The number of piperidine rings is 1. The molecule has 2 aromatic rings. The van der Waals surface area contributed by atoms with Crippen LogP contribution in [0.3, 0.4) is 0 Å². The van der Waals surface area contributed by atoms with Gasteiger partial charge in [-0.25, -0.2) is 4.68 Å². The van der Waals surface area contributed by atoms with Crippen LogP contribution in [0.25, 0.3) is 5.69 Å². The number of amides is 2. The fourth-order valence-electron chi connectivity index (χ4n) is 3.27.